The minimum absolute atomic E-state index is 0.0692. The monoisotopic (exact) mass is 373 g/mol. The van der Waals surface area contributed by atoms with Gasteiger partial charge in [-0.25, -0.2) is 0 Å². The second-order valence-corrected chi connectivity index (χ2v) is 6.39. The van der Waals surface area contributed by atoms with E-state index >= 15 is 0 Å². The summed E-state index contributed by atoms with van der Waals surface area (Å²) in [5.41, 5.74) is 1.41. The molecule has 0 aliphatic heterocycles. The number of hydrogen-bond acceptors (Lipinski definition) is 5. The third kappa shape index (κ3) is 4.64. The number of carbonyl (C=O) groups is 1. The number of nitrogens with one attached hydrogen (secondary N) is 1. The summed E-state index contributed by atoms with van der Waals surface area (Å²) in [5.74, 6) is 1.98. The zero-order chi connectivity index (χ0) is 20.0. The van der Waals surface area contributed by atoms with Gasteiger partial charge in [0.25, 0.3) is 0 Å². The van der Waals surface area contributed by atoms with Crippen LogP contribution in [-0.4, -0.2) is 34.3 Å². The summed E-state index contributed by atoms with van der Waals surface area (Å²) in [5, 5.41) is 2.97. The van der Waals surface area contributed by atoms with Gasteiger partial charge in [0.1, 0.15) is 11.5 Å². The molecule has 0 radical (unpaired) electrons. The maximum atomic E-state index is 13.1. The highest BCUT2D eigenvalue weighted by molar-refractivity contribution is 5.97. The summed E-state index contributed by atoms with van der Waals surface area (Å²) >= 11 is 0. The van der Waals surface area contributed by atoms with Crippen molar-refractivity contribution in [2.45, 2.75) is 19.8 Å². The average molecular weight is 373 g/mol. The topological polar surface area (TPSA) is 66.0 Å². The SMILES string of the molecule is COc1ccc(OC)c(NC(=O)C(c2ccc(OC)c(OC)c2)C(C)C)c1. The first-order valence-corrected chi connectivity index (χ1v) is 8.70. The molecule has 2 rings (SSSR count). The molecule has 0 aliphatic carbocycles. The van der Waals surface area contributed by atoms with E-state index < -0.39 is 0 Å². The normalized spacial score (nSPS) is 11.7. The molecule has 1 unspecified atom stereocenters. The Kier molecular flexibility index (Phi) is 6.93. The largest absolute Gasteiger partial charge is 0.497 e. The van der Waals surface area contributed by atoms with Crippen LogP contribution in [0.4, 0.5) is 5.69 Å². The number of rotatable bonds is 8. The molecule has 0 heterocycles. The van der Waals surface area contributed by atoms with Gasteiger partial charge in [-0.1, -0.05) is 19.9 Å². The molecule has 2 aromatic rings. The second kappa shape index (κ2) is 9.16. The Balaban J connectivity index is 2.36. The quantitative estimate of drug-likeness (QED) is 0.755. The van der Waals surface area contributed by atoms with Gasteiger partial charge in [-0.2, -0.15) is 0 Å². The Morgan fingerprint density at radius 2 is 1.44 bits per heavy atom. The fourth-order valence-electron chi connectivity index (χ4n) is 3.01. The Morgan fingerprint density at radius 3 is 2.00 bits per heavy atom. The molecule has 0 fully saturated rings. The lowest BCUT2D eigenvalue weighted by atomic mass is 9.87. The van der Waals surface area contributed by atoms with Crippen molar-refractivity contribution in [1.82, 2.24) is 0 Å². The summed E-state index contributed by atoms with van der Waals surface area (Å²) < 4.78 is 21.3. The number of hydrogen-bond donors (Lipinski definition) is 1. The molecule has 27 heavy (non-hydrogen) atoms. The van der Waals surface area contributed by atoms with Crippen molar-refractivity contribution >= 4 is 11.6 Å². The third-order valence-electron chi connectivity index (χ3n) is 4.38. The van der Waals surface area contributed by atoms with E-state index in [4.69, 9.17) is 18.9 Å². The summed E-state index contributed by atoms with van der Waals surface area (Å²) in [6, 6.07) is 10.8. The van der Waals surface area contributed by atoms with Crippen LogP contribution in [0.15, 0.2) is 36.4 Å². The second-order valence-electron chi connectivity index (χ2n) is 6.39. The number of methoxy groups -OCH3 is 4. The standard InChI is InChI=1S/C21H27NO5/c1-13(2)20(14-7-9-18(26-5)19(11-14)27-6)21(23)22-16-12-15(24-3)8-10-17(16)25-4/h7-13,20H,1-6H3,(H,22,23). The lowest BCUT2D eigenvalue weighted by molar-refractivity contribution is -0.118. The fraction of sp³-hybridized carbons (Fsp3) is 0.381. The molecule has 0 spiro atoms. The minimum Gasteiger partial charge on any atom is -0.497 e. The number of carbonyl (C=O) groups excluding carboxylic acids is 1. The first-order valence-electron chi connectivity index (χ1n) is 8.70. The van der Waals surface area contributed by atoms with Crippen LogP contribution >= 0.6 is 0 Å². The van der Waals surface area contributed by atoms with Crippen molar-refractivity contribution in [2.24, 2.45) is 5.92 Å². The Labute approximate surface area is 160 Å². The molecule has 0 bridgehead atoms. The van der Waals surface area contributed by atoms with Crippen LogP contribution in [0.1, 0.15) is 25.3 Å². The fourth-order valence-corrected chi connectivity index (χ4v) is 3.01. The lowest BCUT2D eigenvalue weighted by Gasteiger charge is -2.22. The zero-order valence-corrected chi connectivity index (χ0v) is 16.7. The first kappa shape index (κ1) is 20.4. The first-order chi connectivity index (χ1) is 12.9. The van der Waals surface area contributed by atoms with Gasteiger partial charge in [0.15, 0.2) is 11.5 Å². The summed E-state index contributed by atoms with van der Waals surface area (Å²) in [7, 11) is 6.30. The van der Waals surface area contributed by atoms with E-state index in [1.165, 1.54) is 0 Å². The maximum Gasteiger partial charge on any atom is 0.232 e. The molecule has 0 aromatic heterocycles. The molecular weight excluding hydrogens is 346 g/mol. The van der Waals surface area contributed by atoms with Crippen LogP contribution in [0.5, 0.6) is 23.0 Å². The van der Waals surface area contributed by atoms with E-state index in [2.05, 4.69) is 5.32 Å². The zero-order valence-electron chi connectivity index (χ0n) is 16.7. The van der Waals surface area contributed by atoms with Crippen LogP contribution in [0.3, 0.4) is 0 Å². The summed E-state index contributed by atoms with van der Waals surface area (Å²) in [4.78, 5) is 13.1. The molecule has 0 aliphatic rings. The molecular formula is C21H27NO5. The summed E-state index contributed by atoms with van der Waals surface area (Å²) in [6.07, 6.45) is 0. The van der Waals surface area contributed by atoms with Gasteiger partial charge >= 0.3 is 0 Å². The van der Waals surface area contributed by atoms with E-state index in [0.29, 0.717) is 28.7 Å². The molecule has 6 heteroatoms. The van der Waals surface area contributed by atoms with E-state index in [-0.39, 0.29) is 17.7 Å². The number of ether oxygens (including phenoxy) is 4. The van der Waals surface area contributed by atoms with Gasteiger partial charge in [0, 0.05) is 6.07 Å². The van der Waals surface area contributed by atoms with Crippen molar-refractivity contribution < 1.29 is 23.7 Å². The lowest BCUT2D eigenvalue weighted by Crippen LogP contribution is -2.25. The van der Waals surface area contributed by atoms with E-state index in [9.17, 15) is 4.79 Å². The highest BCUT2D eigenvalue weighted by Crippen LogP contribution is 2.35. The van der Waals surface area contributed by atoms with Gasteiger partial charge in [-0.3, -0.25) is 4.79 Å². The highest BCUT2D eigenvalue weighted by atomic mass is 16.5. The van der Waals surface area contributed by atoms with Crippen LogP contribution in [0.2, 0.25) is 0 Å². The number of anilines is 1. The average Bonchev–Trinajstić information content (AvgIpc) is 2.67. The molecule has 2 aromatic carbocycles. The Hall–Kier alpha value is -2.89. The maximum absolute atomic E-state index is 13.1. The van der Waals surface area contributed by atoms with E-state index in [0.717, 1.165) is 5.56 Å². The van der Waals surface area contributed by atoms with Crippen molar-refractivity contribution in [2.75, 3.05) is 33.8 Å². The molecule has 1 atom stereocenters. The molecule has 1 N–H and O–H groups in total. The van der Waals surface area contributed by atoms with Gasteiger partial charge < -0.3 is 24.3 Å². The van der Waals surface area contributed by atoms with E-state index in [1.54, 1.807) is 46.6 Å². The number of benzene rings is 2. The van der Waals surface area contributed by atoms with Crippen molar-refractivity contribution in [1.29, 1.82) is 0 Å². The molecule has 0 saturated carbocycles. The number of amides is 1. The Bertz CT molecular complexity index is 788. The minimum atomic E-state index is -0.374. The van der Waals surface area contributed by atoms with Crippen LogP contribution in [-0.2, 0) is 4.79 Å². The molecule has 0 saturated heterocycles. The van der Waals surface area contributed by atoms with Gasteiger partial charge in [-0.05, 0) is 35.7 Å². The van der Waals surface area contributed by atoms with Gasteiger partial charge in [0.2, 0.25) is 5.91 Å². The van der Waals surface area contributed by atoms with Crippen LogP contribution < -0.4 is 24.3 Å². The van der Waals surface area contributed by atoms with Gasteiger partial charge in [-0.15, -0.1) is 0 Å². The third-order valence-corrected chi connectivity index (χ3v) is 4.38. The van der Waals surface area contributed by atoms with Gasteiger partial charge in [0.05, 0.1) is 40.0 Å². The van der Waals surface area contributed by atoms with E-state index in [1.807, 2.05) is 32.0 Å². The van der Waals surface area contributed by atoms with Crippen LogP contribution in [0.25, 0.3) is 0 Å². The predicted molar refractivity (Wildman–Crippen MR) is 105 cm³/mol. The highest BCUT2D eigenvalue weighted by Gasteiger charge is 2.26. The van der Waals surface area contributed by atoms with Crippen molar-refractivity contribution in [3.8, 4) is 23.0 Å². The summed E-state index contributed by atoms with van der Waals surface area (Å²) in [6.45, 7) is 4.01. The molecule has 1 amide bonds. The molecule has 146 valence electrons. The van der Waals surface area contributed by atoms with Crippen molar-refractivity contribution in [3.63, 3.8) is 0 Å². The molecule has 6 nitrogen and oxygen atoms in total. The Morgan fingerprint density at radius 1 is 0.815 bits per heavy atom. The predicted octanol–water partition coefficient (Wildman–Crippen LogP) is 4.10. The van der Waals surface area contributed by atoms with Crippen LogP contribution in [0, 0.1) is 5.92 Å². The van der Waals surface area contributed by atoms with Crippen molar-refractivity contribution in [3.05, 3.63) is 42.0 Å². The smallest absolute Gasteiger partial charge is 0.232 e.